The van der Waals surface area contributed by atoms with Gasteiger partial charge in [0.15, 0.2) is 11.1 Å². The number of aromatic nitrogens is 4. The van der Waals surface area contributed by atoms with E-state index in [1.807, 2.05) is 0 Å². The number of rotatable bonds is 1. The second-order valence-electron chi connectivity index (χ2n) is 12.6. The van der Waals surface area contributed by atoms with Crippen LogP contribution in [0.5, 0.6) is 11.5 Å². The lowest BCUT2D eigenvalue weighted by Crippen LogP contribution is -2.76. The molecule has 0 N–H and O–H groups in total. The van der Waals surface area contributed by atoms with Crippen LogP contribution in [0, 0.1) is 0 Å². The van der Waals surface area contributed by atoms with Crippen molar-refractivity contribution in [3.8, 4) is 34.1 Å². The first kappa shape index (κ1) is 23.2. The molecule has 6 heterocycles. The molecule has 12 rings (SSSR count). The molecule has 0 fully saturated rings. The average molecular weight is 589 g/mol. The van der Waals surface area contributed by atoms with Crippen molar-refractivity contribution in [1.29, 1.82) is 0 Å². The first-order chi connectivity index (χ1) is 22.8. The molecule has 1 spiro atoms. The van der Waals surface area contributed by atoms with Crippen molar-refractivity contribution in [3.05, 3.63) is 157 Å². The van der Waals surface area contributed by atoms with Crippen LogP contribution in [0.15, 0.2) is 146 Å². The fourth-order valence-corrected chi connectivity index (χ4v) is 8.85. The number of benzene rings is 6. The normalized spacial score (nSPS) is 16.5. The summed E-state index contributed by atoms with van der Waals surface area (Å²) in [6, 6.07) is 46.0. The minimum atomic E-state index is -0.690. The number of para-hydroxylation sites is 1. The lowest BCUT2D eigenvalue weighted by molar-refractivity contribution is -0.993. The Balaban J connectivity index is 1.27. The molecular weight excluding hydrogens is 564 g/mol. The number of hydrogen-bond acceptors (Lipinski definition) is 1. The largest absolute Gasteiger partial charge is 0.456 e. The summed E-state index contributed by atoms with van der Waals surface area (Å²) in [6.45, 7) is 0. The van der Waals surface area contributed by atoms with E-state index in [2.05, 4.69) is 164 Å². The fourth-order valence-electron chi connectivity index (χ4n) is 8.85. The summed E-state index contributed by atoms with van der Waals surface area (Å²) in [5.41, 5.74) is 7.57. The molecule has 0 saturated carbocycles. The average Bonchev–Trinajstić information content (AvgIpc) is 3.78. The summed E-state index contributed by atoms with van der Waals surface area (Å²) in [4.78, 5) is 0. The van der Waals surface area contributed by atoms with Gasteiger partial charge in [0.2, 0.25) is 6.20 Å². The number of fused-ring (bicyclic) bond motifs is 10. The third-order valence-corrected chi connectivity index (χ3v) is 10.5. The Kier molecular flexibility index (Phi) is 3.89. The number of nitrogens with zero attached hydrogens (tertiary/aromatic N) is 4. The predicted molar refractivity (Wildman–Crippen MR) is 179 cm³/mol. The lowest BCUT2D eigenvalue weighted by Gasteiger charge is -2.32. The van der Waals surface area contributed by atoms with E-state index < -0.39 is 5.66 Å². The van der Waals surface area contributed by atoms with Crippen LogP contribution in [0.25, 0.3) is 66.0 Å². The smallest absolute Gasteiger partial charge is 0.397 e. The van der Waals surface area contributed by atoms with E-state index in [1.165, 1.54) is 65.6 Å². The van der Waals surface area contributed by atoms with Gasteiger partial charge in [0, 0.05) is 16.8 Å². The molecule has 5 nitrogen and oxygen atoms in total. The van der Waals surface area contributed by atoms with Gasteiger partial charge in [-0.1, -0.05) is 77.5 Å². The molecule has 3 aliphatic heterocycles. The number of pyridine rings is 1. The van der Waals surface area contributed by atoms with Gasteiger partial charge in [-0.3, -0.25) is 0 Å². The van der Waals surface area contributed by atoms with Gasteiger partial charge >= 0.3 is 5.66 Å². The predicted octanol–water partition coefficient (Wildman–Crippen LogP) is 8.15. The van der Waals surface area contributed by atoms with Gasteiger partial charge in [0.1, 0.15) is 28.3 Å². The van der Waals surface area contributed by atoms with Crippen molar-refractivity contribution in [1.82, 2.24) is 9.25 Å². The van der Waals surface area contributed by atoms with Crippen molar-refractivity contribution in [2.45, 2.75) is 5.66 Å². The maximum absolute atomic E-state index is 6.81. The summed E-state index contributed by atoms with van der Waals surface area (Å²) in [5, 5.41) is 7.53. The third-order valence-electron chi connectivity index (χ3n) is 10.5. The molecule has 3 aromatic heterocycles. The molecule has 0 bridgehead atoms. The highest BCUT2D eigenvalue weighted by Gasteiger charge is 2.68. The van der Waals surface area contributed by atoms with Crippen LogP contribution >= 0.6 is 0 Å². The van der Waals surface area contributed by atoms with Crippen LogP contribution in [-0.4, -0.2) is 9.25 Å². The summed E-state index contributed by atoms with van der Waals surface area (Å²) in [6.07, 6.45) is 6.91. The monoisotopic (exact) mass is 588 g/mol. The quantitative estimate of drug-likeness (QED) is 0.140. The Labute approximate surface area is 263 Å². The zero-order valence-electron chi connectivity index (χ0n) is 24.6. The van der Waals surface area contributed by atoms with E-state index in [0.29, 0.717) is 0 Å². The maximum atomic E-state index is 6.81. The minimum Gasteiger partial charge on any atom is -0.456 e. The molecule has 46 heavy (non-hydrogen) atoms. The van der Waals surface area contributed by atoms with Gasteiger partial charge in [-0.15, -0.1) is 4.68 Å². The van der Waals surface area contributed by atoms with Crippen LogP contribution in [-0.2, 0) is 5.66 Å². The number of hydrogen-bond donors (Lipinski definition) is 0. The molecule has 9 aromatic rings. The Morgan fingerprint density at radius 1 is 0.609 bits per heavy atom. The van der Waals surface area contributed by atoms with Crippen molar-refractivity contribution in [2.24, 2.45) is 0 Å². The van der Waals surface area contributed by atoms with E-state index in [-0.39, 0.29) is 0 Å². The van der Waals surface area contributed by atoms with Gasteiger partial charge in [0.05, 0.1) is 18.0 Å². The minimum absolute atomic E-state index is 0.690. The van der Waals surface area contributed by atoms with Crippen molar-refractivity contribution in [2.75, 3.05) is 0 Å². The first-order valence-corrected chi connectivity index (χ1v) is 15.8. The van der Waals surface area contributed by atoms with Crippen LogP contribution in [0.1, 0.15) is 11.1 Å². The Morgan fingerprint density at radius 3 is 2.33 bits per heavy atom. The highest BCUT2D eigenvalue weighted by atomic mass is 16.5. The molecule has 3 aliphatic rings. The van der Waals surface area contributed by atoms with Gasteiger partial charge in [-0.2, -0.15) is 9.13 Å². The second kappa shape index (κ2) is 7.71. The van der Waals surface area contributed by atoms with Crippen LogP contribution in [0.2, 0.25) is 0 Å². The van der Waals surface area contributed by atoms with Gasteiger partial charge < -0.3 is 4.74 Å². The highest BCUT2D eigenvalue weighted by Crippen LogP contribution is 2.55. The molecule has 5 heteroatoms. The Morgan fingerprint density at radius 2 is 1.39 bits per heavy atom. The van der Waals surface area contributed by atoms with Crippen LogP contribution in [0.3, 0.4) is 0 Å². The van der Waals surface area contributed by atoms with E-state index in [0.717, 1.165) is 23.0 Å². The standard InChI is InChI=1S/C41H24N4O/c1-2-11-27-25(10-1)22-32(29-13-4-3-12-28(27)29)26-23-43-34-16-9-17-35-38(34)41(44(43)24-26)39-36(46-35)20-19-31-30-14-5-6-15-33(30)45(40(31)39)37-18-7-8-21-42(37)41/h1-24H/q+2. The third kappa shape index (κ3) is 2.44. The van der Waals surface area contributed by atoms with E-state index in [9.17, 15) is 0 Å². The summed E-state index contributed by atoms with van der Waals surface area (Å²) in [5.74, 6) is 2.91. The van der Waals surface area contributed by atoms with Crippen LogP contribution < -0.4 is 14.0 Å². The van der Waals surface area contributed by atoms with Crippen LogP contribution in [0.4, 0.5) is 0 Å². The zero-order chi connectivity index (χ0) is 29.7. The SMILES string of the molecule is c1cc2c3c(c1)-n1cc(-c4cc5ccccc5c5ccccc45)c[n+]1C31c3c(ccc4c5ccccc5n(c34)-c3cccc[n+]31)O2. The summed E-state index contributed by atoms with van der Waals surface area (Å²) < 4.78 is 16.5. The molecule has 212 valence electrons. The molecular formula is C41H24N4O+2. The zero-order valence-corrected chi connectivity index (χ0v) is 24.6. The summed E-state index contributed by atoms with van der Waals surface area (Å²) in [7, 11) is 0. The molecule has 0 aliphatic carbocycles. The van der Waals surface area contributed by atoms with E-state index in [4.69, 9.17) is 4.74 Å². The van der Waals surface area contributed by atoms with Gasteiger partial charge in [0.25, 0.3) is 5.82 Å². The summed E-state index contributed by atoms with van der Waals surface area (Å²) >= 11 is 0. The molecule has 0 radical (unpaired) electrons. The van der Waals surface area contributed by atoms with Crippen molar-refractivity contribution in [3.63, 3.8) is 0 Å². The molecule has 0 amide bonds. The number of ether oxygens (including phenoxy) is 1. The molecule has 1 atom stereocenters. The molecule has 0 saturated heterocycles. The van der Waals surface area contributed by atoms with Gasteiger partial charge in [-0.05, 0) is 75.6 Å². The van der Waals surface area contributed by atoms with E-state index >= 15 is 0 Å². The first-order valence-electron chi connectivity index (χ1n) is 15.8. The Bertz CT molecular complexity index is 2860. The Hall–Kier alpha value is -6.20. The highest BCUT2D eigenvalue weighted by molar-refractivity contribution is 6.14. The lowest BCUT2D eigenvalue weighted by atomic mass is 9.84. The van der Waals surface area contributed by atoms with Gasteiger partial charge in [-0.25, -0.2) is 0 Å². The second-order valence-corrected chi connectivity index (χ2v) is 12.6. The topological polar surface area (TPSA) is 26.8 Å². The molecule has 6 aromatic carbocycles. The van der Waals surface area contributed by atoms with Crippen molar-refractivity contribution < 1.29 is 14.0 Å². The fraction of sp³-hybridized carbons (Fsp3) is 0.0244. The van der Waals surface area contributed by atoms with E-state index in [1.54, 1.807) is 0 Å². The molecule has 1 unspecified atom stereocenters. The maximum Gasteiger partial charge on any atom is 0.397 e. The van der Waals surface area contributed by atoms with Crippen molar-refractivity contribution >= 4 is 43.4 Å².